The van der Waals surface area contributed by atoms with Crippen LogP contribution in [0.25, 0.3) is 16.0 Å². The molecular formula is C21H22FN7O2S2. The number of rotatable bonds is 7. The van der Waals surface area contributed by atoms with Crippen LogP contribution in [0.1, 0.15) is 0 Å². The van der Waals surface area contributed by atoms with E-state index >= 15 is 0 Å². The lowest BCUT2D eigenvalue weighted by Crippen LogP contribution is -2.49. The summed E-state index contributed by atoms with van der Waals surface area (Å²) >= 11 is 2.59. The molecule has 0 atom stereocenters. The average molecular weight is 488 g/mol. The molecule has 4 heterocycles. The van der Waals surface area contributed by atoms with Gasteiger partial charge in [-0.15, -0.1) is 0 Å². The van der Waals surface area contributed by atoms with E-state index in [1.807, 2.05) is 6.20 Å². The molecular weight excluding hydrogens is 465 g/mol. The second-order valence-corrected chi connectivity index (χ2v) is 9.74. The number of hydrogen-bond donors (Lipinski definition) is 2. The molecule has 5 rings (SSSR count). The lowest BCUT2D eigenvalue weighted by Gasteiger charge is -2.33. The first kappa shape index (κ1) is 22.2. The average Bonchev–Trinajstić information content (AvgIpc) is 3.39. The van der Waals surface area contributed by atoms with Gasteiger partial charge < -0.3 is 10.4 Å². The van der Waals surface area contributed by atoms with Crippen molar-refractivity contribution in [2.75, 3.05) is 51.2 Å². The van der Waals surface area contributed by atoms with Gasteiger partial charge in [0.05, 0.1) is 34.5 Å². The van der Waals surface area contributed by atoms with Crippen LogP contribution in [0.15, 0.2) is 46.7 Å². The van der Waals surface area contributed by atoms with Gasteiger partial charge in [0, 0.05) is 51.2 Å². The molecule has 0 spiro atoms. The molecule has 0 unspecified atom stereocenters. The van der Waals surface area contributed by atoms with Crippen molar-refractivity contribution in [2.45, 2.75) is 9.92 Å². The third-order valence-electron chi connectivity index (χ3n) is 5.41. The second-order valence-electron chi connectivity index (χ2n) is 7.65. The zero-order valence-electron chi connectivity index (χ0n) is 17.6. The Balaban J connectivity index is 1.25. The van der Waals surface area contributed by atoms with Crippen molar-refractivity contribution in [1.29, 1.82) is 0 Å². The van der Waals surface area contributed by atoms with Gasteiger partial charge >= 0.3 is 0 Å². The monoisotopic (exact) mass is 487 g/mol. The summed E-state index contributed by atoms with van der Waals surface area (Å²) in [5, 5.41) is 13.1. The molecule has 0 saturated carbocycles. The van der Waals surface area contributed by atoms with Crippen LogP contribution in [0.5, 0.6) is 0 Å². The van der Waals surface area contributed by atoms with E-state index in [2.05, 4.69) is 30.1 Å². The summed E-state index contributed by atoms with van der Waals surface area (Å²) in [6, 6.07) is 4.94. The number of benzene rings is 1. The minimum atomic E-state index is -0.379. The van der Waals surface area contributed by atoms with Gasteiger partial charge in [-0.25, -0.2) is 19.3 Å². The van der Waals surface area contributed by atoms with Crippen molar-refractivity contribution < 1.29 is 14.3 Å². The first-order valence-electron chi connectivity index (χ1n) is 10.5. The van der Waals surface area contributed by atoms with Crippen LogP contribution in [0, 0.1) is 5.82 Å². The normalized spacial score (nSPS) is 15.5. The number of amides is 1. The van der Waals surface area contributed by atoms with Gasteiger partial charge in [0.2, 0.25) is 11.7 Å². The number of nitrogens with one attached hydrogen (secondary N) is 1. The zero-order valence-corrected chi connectivity index (χ0v) is 19.3. The summed E-state index contributed by atoms with van der Waals surface area (Å²) < 4.78 is 17.4. The number of carbonyl (C=O) groups is 1. The highest BCUT2D eigenvalue weighted by molar-refractivity contribution is 7.99. The summed E-state index contributed by atoms with van der Waals surface area (Å²) in [7, 11) is 0. The maximum absolute atomic E-state index is 14.8. The van der Waals surface area contributed by atoms with Crippen LogP contribution >= 0.6 is 23.1 Å². The number of anilines is 1. The van der Waals surface area contributed by atoms with Crippen LogP contribution in [0.2, 0.25) is 0 Å². The Hall–Kier alpha value is -2.64. The fourth-order valence-electron chi connectivity index (χ4n) is 3.73. The molecule has 4 aromatic rings. The number of nitrogens with zero attached hydrogens (tertiary/aromatic N) is 6. The van der Waals surface area contributed by atoms with Gasteiger partial charge in [-0.1, -0.05) is 23.1 Å². The first-order valence-corrected chi connectivity index (χ1v) is 12.1. The Labute approximate surface area is 197 Å². The molecule has 9 nitrogen and oxygen atoms in total. The summed E-state index contributed by atoms with van der Waals surface area (Å²) in [5.41, 5.74) is 0.509. The molecule has 0 radical (unpaired) electrons. The van der Waals surface area contributed by atoms with Gasteiger partial charge in [-0.3, -0.25) is 19.0 Å². The Morgan fingerprint density at radius 1 is 1.21 bits per heavy atom. The van der Waals surface area contributed by atoms with Crippen LogP contribution in [-0.2, 0) is 4.79 Å². The molecule has 172 valence electrons. The molecule has 1 aliphatic rings. The molecule has 0 bridgehead atoms. The van der Waals surface area contributed by atoms with E-state index in [-0.39, 0.29) is 24.9 Å². The van der Waals surface area contributed by atoms with Crippen molar-refractivity contribution in [1.82, 2.24) is 29.2 Å². The van der Waals surface area contributed by atoms with Crippen molar-refractivity contribution >= 4 is 50.1 Å². The number of aliphatic hydroxyl groups is 1. The summed E-state index contributed by atoms with van der Waals surface area (Å²) in [5.74, 6) is 0.0346. The Morgan fingerprint density at radius 2 is 2.03 bits per heavy atom. The minimum Gasteiger partial charge on any atom is -0.395 e. The second kappa shape index (κ2) is 9.69. The molecule has 1 aromatic carbocycles. The van der Waals surface area contributed by atoms with E-state index in [0.29, 0.717) is 27.9 Å². The number of aliphatic hydroxyl groups excluding tert-OH is 1. The third-order valence-corrected chi connectivity index (χ3v) is 7.38. The van der Waals surface area contributed by atoms with Crippen LogP contribution in [0.4, 0.5) is 9.52 Å². The van der Waals surface area contributed by atoms with Gasteiger partial charge in [0.15, 0.2) is 5.13 Å². The molecule has 0 aliphatic carbocycles. The first-order chi connectivity index (χ1) is 16.1. The number of piperazine rings is 1. The molecule has 2 N–H and O–H groups in total. The lowest BCUT2D eigenvalue weighted by atomic mass is 10.3. The standard InChI is InChI=1S/C21H22FN7O2S2/c22-14-10-15-17(11-16(14)32-19-12-24-20-23-2-1-3-29(19)20)33-21(25-15)26-18(31)13-28-6-4-27(5-7-28)8-9-30/h1-3,10-12,30H,4-9,13H2,(H,25,26,31). The highest BCUT2D eigenvalue weighted by Gasteiger charge is 2.19. The van der Waals surface area contributed by atoms with E-state index in [9.17, 15) is 9.18 Å². The minimum absolute atomic E-state index is 0.141. The number of aromatic nitrogens is 4. The van der Waals surface area contributed by atoms with E-state index in [1.165, 1.54) is 29.2 Å². The van der Waals surface area contributed by atoms with Gasteiger partial charge in [-0.2, -0.15) is 0 Å². The number of hydrogen-bond acceptors (Lipinski definition) is 9. The molecule has 12 heteroatoms. The third kappa shape index (κ3) is 4.99. The van der Waals surface area contributed by atoms with Crippen LogP contribution in [-0.4, -0.2) is 86.0 Å². The highest BCUT2D eigenvalue weighted by atomic mass is 32.2. The van der Waals surface area contributed by atoms with Gasteiger partial charge in [0.25, 0.3) is 0 Å². The summed E-state index contributed by atoms with van der Waals surface area (Å²) in [4.78, 5) is 30.0. The van der Waals surface area contributed by atoms with Crippen LogP contribution < -0.4 is 5.32 Å². The van der Waals surface area contributed by atoms with E-state index < -0.39 is 0 Å². The number of β-amino-alcohol motifs (C(OH)–C–C–N with tert-alkyl or cyclic N) is 1. The number of halogens is 1. The maximum atomic E-state index is 14.8. The van der Waals surface area contributed by atoms with E-state index in [1.54, 1.807) is 28.9 Å². The largest absolute Gasteiger partial charge is 0.395 e. The quantitative estimate of drug-likeness (QED) is 0.409. The van der Waals surface area contributed by atoms with E-state index in [4.69, 9.17) is 5.11 Å². The van der Waals surface area contributed by atoms with Gasteiger partial charge in [-0.05, 0) is 12.1 Å². The van der Waals surface area contributed by atoms with Crippen molar-refractivity contribution in [3.05, 3.63) is 42.6 Å². The molecule has 3 aromatic heterocycles. The fraction of sp³-hybridized carbons (Fsp3) is 0.333. The fourth-order valence-corrected chi connectivity index (χ4v) is 5.61. The van der Waals surface area contributed by atoms with Crippen molar-refractivity contribution in [2.24, 2.45) is 0 Å². The van der Waals surface area contributed by atoms with Crippen molar-refractivity contribution in [3.8, 4) is 0 Å². The number of imidazole rings is 1. The smallest absolute Gasteiger partial charge is 0.240 e. The Kier molecular flexibility index (Phi) is 6.51. The maximum Gasteiger partial charge on any atom is 0.240 e. The summed E-state index contributed by atoms with van der Waals surface area (Å²) in [6.45, 7) is 4.30. The Bertz CT molecular complexity index is 1290. The van der Waals surface area contributed by atoms with Crippen LogP contribution in [0.3, 0.4) is 0 Å². The highest BCUT2D eigenvalue weighted by Crippen LogP contribution is 2.35. The molecule has 1 aliphatic heterocycles. The van der Waals surface area contributed by atoms with Crippen molar-refractivity contribution in [3.63, 3.8) is 0 Å². The molecule has 1 saturated heterocycles. The predicted octanol–water partition coefficient (Wildman–Crippen LogP) is 2.18. The number of thiazole rings is 1. The SMILES string of the molecule is O=C(CN1CCN(CCO)CC1)Nc1nc2cc(F)c(Sc3cnc4ncccn34)cc2s1. The molecule has 33 heavy (non-hydrogen) atoms. The molecule has 1 fully saturated rings. The Morgan fingerprint density at radius 3 is 2.85 bits per heavy atom. The molecule has 1 amide bonds. The lowest BCUT2D eigenvalue weighted by molar-refractivity contribution is -0.117. The summed E-state index contributed by atoms with van der Waals surface area (Å²) in [6.07, 6.45) is 5.16. The van der Waals surface area contributed by atoms with Gasteiger partial charge in [0.1, 0.15) is 10.8 Å². The predicted molar refractivity (Wildman–Crippen MR) is 125 cm³/mol. The van der Waals surface area contributed by atoms with E-state index in [0.717, 1.165) is 35.9 Å². The number of fused-ring (bicyclic) bond motifs is 2. The topological polar surface area (TPSA) is 98.9 Å². The number of carbonyl (C=O) groups excluding carboxylic acids is 1. The zero-order chi connectivity index (χ0) is 22.8.